The Kier molecular flexibility index (Phi) is 8.38. The highest BCUT2D eigenvalue weighted by molar-refractivity contribution is 4.84. The Morgan fingerprint density at radius 2 is 0.882 bits per heavy atom. The molecule has 0 aliphatic carbocycles. The summed E-state index contributed by atoms with van der Waals surface area (Å²) >= 11 is 0. The number of aryl methyl sites for hydroxylation is 2. The first kappa shape index (κ1) is 15.9. The number of halogens is 2. The molecular weight excluding hydrogens is 255 g/mol. The number of hydrogen-bond donors (Lipinski definition) is 0. The van der Waals surface area contributed by atoms with Crippen LogP contribution in [0.5, 0.6) is 0 Å². The normalized spacial score (nSPS) is 8.94. The van der Waals surface area contributed by atoms with Crippen LogP contribution in [0.3, 0.4) is 0 Å². The van der Waals surface area contributed by atoms with Gasteiger partial charge in [-0.05, 0) is 0 Å². The minimum absolute atomic E-state index is 0. The molecule has 0 saturated heterocycles. The monoisotopic (exact) mass is 270 g/mol. The van der Waals surface area contributed by atoms with E-state index in [9.17, 15) is 0 Å². The third-order valence-electron chi connectivity index (χ3n) is 2.39. The highest BCUT2D eigenvalue weighted by atomic mass is 35.5. The van der Waals surface area contributed by atoms with Gasteiger partial charge in [-0.25, -0.2) is 9.13 Å². The van der Waals surface area contributed by atoms with Gasteiger partial charge >= 0.3 is 0 Å². The largest absolute Gasteiger partial charge is 1.00 e. The van der Waals surface area contributed by atoms with Gasteiger partial charge in [0.25, 0.3) is 0 Å². The summed E-state index contributed by atoms with van der Waals surface area (Å²) in [5.41, 5.74) is 0. The third-order valence-corrected chi connectivity index (χ3v) is 2.39. The van der Waals surface area contributed by atoms with Crippen molar-refractivity contribution in [3.8, 4) is 0 Å². The van der Waals surface area contributed by atoms with E-state index in [1.807, 2.05) is 12.1 Å². The van der Waals surface area contributed by atoms with Crippen molar-refractivity contribution in [3.63, 3.8) is 0 Å². The van der Waals surface area contributed by atoms with Gasteiger partial charge in [0.15, 0.2) is 37.9 Å². The van der Waals surface area contributed by atoms with Gasteiger partial charge in [0.2, 0.25) is 0 Å². The predicted molar refractivity (Wildman–Crippen MR) is 57.9 cm³/mol. The summed E-state index contributed by atoms with van der Waals surface area (Å²) in [7, 11) is 0. The van der Waals surface area contributed by atoms with E-state index < -0.39 is 0 Å². The fraction of sp³-hybridized carbons (Fsp3) is 0.231. The molecule has 0 spiro atoms. The first-order chi connectivity index (χ1) is 7.45. The lowest BCUT2D eigenvalue weighted by Gasteiger charge is -1.95. The molecule has 2 aromatic rings. The molecule has 4 heteroatoms. The van der Waals surface area contributed by atoms with Crippen LogP contribution in [0, 0.1) is 0 Å². The molecule has 2 rings (SSSR count). The van der Waals surface area contributed by atoms with Gasteiger partial charge in [0.1, 0.15) is 0 Å². The average molecular weight is 271 g/mol. The lowest BCUT2D eigenvalue weighted by molar-refractivity contribution is -0.726. The Morgan fingerprint density at radius 3 is 1.24 bits per heavy atom. The zero-order valence-electron chi connectivity index (χ0n) is 9.55. The summed E-state index contributed by atoms with van der Waals surface area (Å²) in [4.78, 5) is 0. The van der Waals surface area contributed by atoms with Gasteiger partial charge in [0, 0.05) is 24.3 Å². The van der Waals surface area contributed by atoms with E-state index in [0.717, 1.165) is 19.5 Å². The van der Waals surface area contributed by atoms with E-state index in [2.05, 4.69) is 58.2 Å². The molecule has 92 valence electrons. The van der Waals surface area contributed by atoms with Crippen molar-refractivity contribution >= 4 is 0 Å². The Balaban J connectivity index is 0.00000128. The second-order valence-electron chi connectivity index (χ2n) is 3.58. The summed E-state index contributed by atoms with van der Waals surface area (Å²) in [5, 5.41) is 0. The first-order valence-corrected chi connectivity index (χ1v) is 5.33. The van der Waals surface area contributed by atoms with Gasteiger partial charge in [-0.3, -0.25) is 0 Å². The van der Waals surface area contributed by atoms with Crippen LogP contribution in [0.15, 0.2) is 61.2 Å². The van der Waals surface area contributed by atoms with Gasteiger partial charge in [0.05, 0.1) is 6.42 Å². The Hall–Kier alpha value is -1.12. The molecule has 0 N–H and O–H groups in total. The summed E-state index contributed by atoms with van der Waals surface area (Å²) in [6.45, 7) is 2.14. The van der Waals surface area contributed by atoms with Crippen LogP contribution < -0.4 is 33.9 Å². The number of hydrogen-bond acceptors (Lipinski definition) is 0. The lowest BCUT2D eigenvalue weighted by atomic mass is 10.3. The van der Waals surface area contributed by atoms with Crippen LogP contribution >= 0.6 is 0 Å². The fourth-order valence-corrected chi connectivity index (χ4v) is 1.60. The maximum atomic E-state index is 2.21. The van der Waals surface area contributed by atoms with Crippen molar-refractivity contribution in [2.45, 2.75) is 19.5 Å². The zero-order chi connectivity index (χ0) is 10.3. The molecule has 0 saturated carbocycles. The van der Waals surface area contributed by atoms with Crippen LogP contribution in [-0.2, 0) is 13.1 Å². The minimum atomic E-state index is 0. The van der Waals surface area contributed by atoms with Crippen molar-refractivity contribution in [1.29, 1.82) is 0 Å². The summed E-state index contributed by atoms with van der Waals surface area (Å²) in [6, 6.07) is 12.3. The van der Waals surface area contributed by atoms with E-state index in [0.29, 0.717) is 0 Å². The lowest BCUT2D eigenvalue weighted by Crippen LogP contribution is -3.00. The van der Waals surface area contributed by atoms with Gasteiger partial charge in [-0.15, -0.1) is 0 Å². The second kappa shape index (κ2) is 8.97. The third kappa shape index (κ3) is 5.66. The van der Waals surface area contributed by atoms with E-state index in [4.69, 9.17) is 0 Å². The highest BCUT2D eigenvalue weighted by Crippen LogP contribution is 1.84. The van der Waals surface area contributed by atoms with E-state index in [1.165, 1.54) is 0 Å². The Labute approximate surface area is 115 Å². The molecule has 17 heavy (non-hydrogen) atoms. The van der Waals surface area contributed by atoms with E-state index in [1.54, 1.807) is 0 Å². The van der Waals surface area contributed by atoms with Crippen LogP contribution in [0.2, 0.25) is 0 Å². The molecule has 0 atom stereocenters. The van der Waals surface area contributed by atoms with Crippen LogP contribution in [0.4, 0.5) is 0 Å². The van der Waals surface area contributed by atoms with Gasteiger partial charge in [-0.2, -0.15) is 0 Å². The van der Waals surface area contributed by atoms with Crippen molar-refractivity contribution in [2.75, 3.05) is 0 Å². The van der Waals surface area contributed by atoms with Crippen molar-refractivity contribution in [1.82, 2.24) is 0 Å². The topological polar surface area (TPSA) is 7.76 Å². The second-order valence-corrected chi connectivity index (χ2v) is 3.58. The molecule has 0 fully saturated rings. The van der Waals surface area contributed by atoms with Crippen LogP contribution in [0.25, 0.3) is 0 Å². The Morgan fingerprint density at radius 1 is 0.529 bits per heavy atom. The average Bonchev–Trinajstić information content (AvgIpc) is 2.32. The number of aromatic nitrogens is 2. The van der Waals surface area contributed by atoms with Gasteiger partial charge < -0.3 is 24.8 Å². The highest BCUT2D eigenvalue weighted by Gasteiger charge is 2.01. The molecule has 0 radical (unpaired) electrons. The van der Waals surface area contributed by atoms with Gasteiger partial charge in [-0.1, -0.05) is 12.1 Å². The maximum absolute atomic E-state index is 2.21. The summed E-state index contributed by atoms with van der Waals surface area (Å²) in [5.74, 6) is 0. The minimum Gasteiger partial charge on any atom is -1.00 e. The molecule has 2 aromatic heterocycles. The van der Waals surface area contributed by atoms with Crippen LogP contribution in [-0.4, -0.2) is 0 Å². The SMILES string of the molecule is [Cl-].[Cl-].c1cc[n+](CCC[n+]2ccccc2)cc1. The molecule has 0 unspecified atom stereocenters. The molecule has 0 aliphatic heterocycles. The molecule has 2 heterocycles. The first-order valence-electron chi connectivity index (χ1n) is 5.33. The predicted octanol–water partition coefficient (Wildman–Crippen LogP) is -4.64. The number of nitrogens with zero attached hydrogens (tertiary/aromatic N) is 2. The molecule has 0 aromatic carbocycles. The molecule has 2 nitrogen and oxygen atoms in total. The maximum Gasteiger partial charge on any atom is 0.168 e. The fourth-order valence-electron chi connectivity index (χ4n) is 1.60. The van der Waals surface area contributed by atoms with Crippen LogP contribution in [0.1, 0.15) is 6.42 Å². The quantitative estimate of drug-likeness (QED) is 0.494. The molecular formula is C13H16Cl2N2. The Bertz CT molecular complexity index is 353. The molecule has 0 amide bonds. The number of rotatable bonds is 4. The molecule has 0 bridgehead atoms. The summed E-state index contributed by atoms with van der Waals surface area (Å²) < 4.78 is 4.42. The zero-order valence-corrected chi connectivity index (χ0v) is 11.1. The van der Waals surface area contributed by atoms with Crippen molar-refractivity contribution in [2.24, 2.45) is 0 Å². The van der Waals surface area contributed by atoms with Crippen molar-refractivity contribution < 1.29 is 33.9 Å². The van der Waals surface area contributed by atoms with E-state index >= 15 is 0 Å². The van der Waals surface area contributed by atoms with E-state index in [-0.39, 0.29) is 24.8 Å². The number of pyridine rings is 2. The molecule has 0 aliphatic rings. The summed E-state index contributed by atoms with van der Waals surface area (Å²) in [6.07, 6.45) is 9.58. The van der Waals surface area contributed by atoms with Crippen molar-refractivity contribution in [3.05, 3.63) is 61.2 Å². The standard InChI is InChI=1S/C13H16N2.2ClH/c1-3-8-14(9-4-1)12-7-13-15-10-5-2-6-11-15;;/h1-6,8-11H,7,12-13H2;2*1H/q+2;;/p-2. The smallest absolute Gasteiger partial charge is 0.168 e.